The fraction of sp³-hybridized carbons (Fsp3) is 0.192. The number of nitrogens with zero attached hydrogens (tertiary/aromatic N) is 3. The number of aryl methyl sites for hydroxylation is 2. The fourth-order valence-corrected chi connectivity index (χ4v) is 6.91. The number of amides is 1. The normalized spacial score (nSPS) is 14.4. The van der Waals surface area contributed by atoms with E-state index in [4.69, 9.17) is 0 Å². The second kappa shape index (κ2) is 9.33. The van der Waals surface area contributed by atoms with Gasteiger partial charge < -0.3 is 5.32 Å². The van der Waals surface area contributed by atoms with Crippen molar-refractivity contribution in [2.75, 3.05) is 16.2 Å². The van der Waals surface area contributed by atoms with Gasteiger partial charge >= 0.3 is 10.4 Å². The minimum atomic E-state index is -3.39. The van der Waals surface area contributed by atoms with Gasteiger partial charge in [0, 0.05) is 27.9 Å². The molecule has 0 aliphatic carbocycles. The second-order valence-electron chi connectivity index (χ2n) is 8.43. The van der Waals surface area contributed by atoms with E-state index in [1.807, 2.05) is 62.4 Å². The second-order valence-corrected chi connectivity index (χ2v) is 11.5. The zero-order chi connectivity index (χ0) is 24.6. The number of carbonyl (C=O) groups is 1. The van der Waals surface area contributed by atoms with E-state index in [-0.39, 0.29) is 12.3 Å². The number of aromatic nitrogens is 2. The number of anilines is 2. The molecule has 0 spiro atoms. The highest BCUT2D eigenvalue weighted by molar-refractivity contribution is 7.99. The summed E-state index contributed by atoms with van der Waals surface area (Å²) in [6.45, 7) is 4.29. The molecule has 2 aromatic carbocycles. The van der Waals surface area contributed by atoms with Crippen molar-refractivity contribution in [2.45, 2.75) is 31.6 Å². The van der Waals surface area contributed by atoms with Gasteiger partial charge in [0.25, 0.3) is 0 Å². The molecule has 2 aromatic heterocycles. The van der Waals surface area contributed by atoms with Crippen LogP contribution < -0.4 is 9.62 Å². The number of rotatable bonds is 6. The lowest BCUT2D eigenvalue weighted by atomic mass is 10.1. The fourth-order valence-electron chi connectivity index (χ4n) is 4.30. The van der Waals surface area contributed by atoms with Crippen LogP contribution in [-0.4, -0.2) is 27.0 Å². The Balaban J connectivity index is 1.37. The lowest BCUT2D eigenvalue weighted by molar-refractivity contribution is -0.115. The van der Waals surface area contributed by atoms with E-state index >= 15 is 0 Å². The van der Waals surface area contributed by atoms with Gasteiger partial charge in [0.15, 0.2) is 5.13 Å². The largest absolute Gasteiger partial charge is 0.348 e. The van der Waals surface area contributed by atoms with Crippen LogP contribution in [0.15, 0.2) is 71.8 Å². The van der Waals surface area contributed by atoms with Gasteiger partial charge in [-0.15, -0.1) is 11.3 Å². The molecule has 2 N–H and O–H groups in total. The summed E-state index contributed by atoms with van der Waals surface area (Å²) in [5.74, 6) is -0.164. The zero-order valence-electron chi connectivity index (χ0n) is 19.4. The Morgan fingerprint density at radius 3 is 2.71 bits per heavy atom. The maximum absolute atomic E-state index is 13.4. The molecule has 4 aromatic rings. The third kappa shape index (κ3) is 4.62. The Bertz CT molecular complexity index is 1450. The zero-order valence-corrected chi connectivity index (χ0v) is 21.0. The van der Waals surface area contributed by atoms with Crippen LogP contribution in [0.4, 0.5) is 10.8 Å². The Kier molecular flexibility index (Phi) is 6.22. The van der Waals surface area contributed by atoms with Crippen molar-refractivity contribution in [1.82, 2.24) is 9.97 Å². The summed E-state index contributed by atoms with van der Waals surface area (Å²) in [6, 6.07) is 18.5. The van der Waals surface area contributed by atoms with Gasteiger partial charge in [0.05, 0.1) is 24.3 Å². The van der Waals surface area contributed by atoms with E-state index in [1.54, 1.807) is 22.6 Å². The molecular formula is C26H25N4O3S2+. The first-order valence-corrected chi connectivity index (χ1v) is 13.5. The van der Waals surface area contributed by atoms with Crippen molar-refractivity contribution < 1.29 is 13.6 Å². The molecule has 0 fully saturated rings. The molecule has 1 aliphatic rings. The van der Waals surface area contributed by atoms with Crippen LogP contribution in [0.2, 0.25) is 0 Å². The molecular weight excluding hydrogens is 480 g/mol. The van der Waals surface area contributed by atoms with Crippen molar-refractivity contribution in [2.24, 2.45) is 0 Å². The summed E-state index contributed by atoms with van der Waals surface area (Å²) >= 11 is 1.43. The van der Waals surface area contributed by atoms with Gasteiger partial charge in [0.2, 0.25) is 10.8 Å². The van der Waals surface area contributed by atoms with E-state index in [1.165, 1.54) is 11.3 Å². The van der Waals surface area contributed by atoms with Crippen molar-refractivity contribution in [3.8, 4) is 11.3 Å². The standard InChI is InChI=1S/C26H24N4O3S2/c1-17-7-3-4-9-23(17)35(32,33)30-14-12-19-15-20(10-11-22(19)30)25-18(2)34-26(29-25)28-24(31)16-21-8-5-6-13-27-21/h3-11,13,15H,12,14,16H2,1-2H3,(H-,28,29,31,32,33)/p+1. The first-order valence-electron chi connectivity index (χ1n) is 11.2. The van der Waals surface area contributed by atoms with E-state index in [2.05, 4.69) is 15.3 Å². The number of hydrogen-bond acceptors (Lipinski definition) is 5. The molecule has 7 nitrogen and oxygen atoms in total. The molecule has 178 valence electrons. The summed E-state index contributed by atoms with van der Waals surface area (Å²) in [5, 5.41) is 3.41. The molecule has 0 radical (unpaired) electrons. The predicted octanol–water partition coefficient (Wildman–Crippen LogP) is 5.31. The summed E-state index contributed by atoms with van der Waals surface area (Å²) in [6.07, 6.45) is 2.52. The van der Waals surface area contributed by atoms with Crippen molar-refractivity contribution in [1.29, 1.82) is 0 Å². The summed E-state index contributed by atoms with van der Waals surface area (Å²) in [5.41, 5.74) is 4.99. The molecule has 1 atom stereocenters. The third-order valence-corrected chi connectivity index (χ3v) is 8.89. The quantitative estimate of drug-likeness (QED) is 0.346. The highest BCUT2D eigenvalue weighted by Crippen LogP contribution is 2.39. The van der Waals surface area contributed by atoms with Gasteiger partial charge in [0.1, 0.15) is 0 Å². The average molecular weight is 506 g/mol. The molecule has 0 bridgehead atoms. The Morgan fingerprint density at radius 2 is 1.94 bits per heavy atom. The van der Waals surface area contributed by atoms with Crippen molar-refractivity contribution in [3.63, 3.8) is 0 Å². The maximum Gasteiger partial charge on any atom is 0.348 e. The first-order chi connectivity index (χ1) is 16.8. The van der Waals surface area contributed by atoms with Crippen LogP contribution in [0.5, 0.6) is 0 Å². The molecule has 9 heteroatoms. The van der Waals surface area contributed by atoms with E-state index in [0.29, 0.717) is 28.7 Å². The van der Waals surface area contributed by atoms with Crippen LogP contribution in [-0.2, 0) is 32.2 Å². The Morgan fingerprint density at radius 1 is 1.14 bits per heavy atom. The van der Waals surface area contributed by atoms with Gasteiger partial charge in [-0.25, -0.2) is 4.98 Å². The monoisotopic (exact) mass is 505 g/mol. The van der Waals surface area contributed by atoms with Gasteiger partial charge in [-0.1, -0.05) is 30.3 Å². The molecule has 3 heterocycles. The van der Waals surface area contributed by atoms with E-state index < -0.39 is 10.4 Å². The molecule has 1 amide bonds. The molecule has 1 unspecified atom stereocenters. The SMILES string of the molecule is Cc1ccccc1[S+](=O)(O)N1CCc2cc(-c3nc(NC(=O)Cc4ccccn4)sc3C)ccc21. The van der Waals surface area contributed by atoms with Crippen molar-refractivity contribution in [3.05, 3.63) is 88.6 Å². The van der Waals surface area contributed by atoms with Crippen LogP contribution in [0.1, 0.15) is 21.7 Å². The number of hydrogen-bond donors (Lipinski definition) is 2. The maximum atomic E-state index is 13.4. The van der Waals surface area contributed by atoms with Crippen LogP contribution >= 0.6 is 11.3 Å². The van der Waals surface area contributed by atoms with Crippen molar-refractivity contribution >= 4 is 38.5 Å². The topological polar surface area (TPSA) is 95.4 Å². The molecule has 5 rings (SSSR count). The molecule has 35 heavy (non-hydrogen) atoms. The molecule has 0 saturated carbocycles. The summed E-state index contributed by atoms with van der Waals surface area (Å²) < 4.78 is 26.1. The number of thiazole rings is 1. The number of fused-ring (bicyclic) bond motifs is 1. The molecule has 0 saturated heterocycles. The number of benzene rings is 2. The highest BCUT2D eigenvalue weighted by Gasteiger charge is 2.43. The average Bonchev–Trinajstić information content (AvgIpc) is 3.42. The minimum absolute atomic E-state index is 0.164. The minimum Gasteiger partial charge on any atom is -0.302 e. The summed E-state index contributed by atoms with van der Waals surface area (Å²) in [7, 11) is -3.39. The van der Waals surface area contributed by atoms with Gasteiger partial charge in [-0.2, -0.15) is 8.86 Å². The van der Waals surface area contributed by atoms with Gasteiger partial charge in [-0.3, -0.25) is 9.78 Å². The lowest BCUT2D eigenvalue weighted by Crippen LogP contribution is -2.35. The van der Waals surface area contributed by atoms with Gasteiger partial charge in [-0.05, 0) is 60.4 Å². The Labute approximate surface area is 209 Å². The summed E-state index contributed by atoms with van der Waals surface area (Å²) in [4.78, 5) is 22.7. The number of carbonyl (C=O) groups excluding carboxylic acids is 1. The van der Waals surface area contributed by atoms with Crippen LogP contribution in [0, 0.1) is 13.8 Å². The number of nitrogens with one attached hydrogen (secondary N) is 1. The number of pyridine rings is 1. The van der Waals surface area contributed by atoms with E-state index in [9.17, 15) is 13.6 Å². The lowest BCUT2D eigenvalue weighted by Gasteiger charge is -2.18. The third-order valence-electron chi connectivity index (χ3n) is 6.00. The predicted molar refractivity (Wildman–Crippen MR) is 140 cm³/mol. The van der Waals surface area contributed by atoms with Crippen LogP contribution in [0.25, 0.3) is 11.3 Å². The smallest absolute Gasteiger partial charge is 0.302 e. The highest BCUT2D eigenvalue weighted by atomic mass is 32.3. The Hall–Kier alpha value is -3.40. The van der Waals surface area contributed by atoms with Crippen LogP contribution in [0.3, 0.4) is 0 Å². The molecule has 1 aliphatic heterocycles. The first kappa shape index (κ1) is 23.3. The van der Waals surface area contributed by atoms with E-state index in [0.717, 1.165) is 32.9 Å².